The Labute approximate surface area is 106 Å². The SMILES string of the molecule is CCCCOB(Oc1ccccc1)O[SiH](C)C. The maximum atomic E-state index is 5.70. The predicted molar refractivity (Wildman–Crippen MR) is 73.6 cm³/mol. The van der Waals surface area contributed by atoms with Crippen molar-refractivity contribution in [2.45, 2.75) is 32.9 Å². The molecule has 0 atom stereocenters. The van der Waals surface area contributed by atoms with E-state index in [0.29, 0.717) is 6.61 Å². The first-order chi connectivity index (χ1) is 8.22. The zero-order chi connectivity index (χ0) is 12.5. The average Bonchev–Trinajstić information content (AvgIpc) is 2.30. The minimum atomic E-state index is -1.17. The summed E-state index contributed by atoms with van der Waals surface area (Å²) in [6.07, 6.45) is 2.13. The molecule has 0 aliphatic heterocycles. The highest BCUT2D eigenvalue weighted by Crippen LogP contribution is 2.11. The van der Waals surface area contributed by atoms with Gasteiger partial charge in [-0.15, -0.1) is 0 Å². The Morgan fingerprint density at radius 3 is 2.47 bits per heavy atom. The van der Waals surface area contributed by atoms with Gasteiger partial charge in [0.2, 0.25) is 0 Å². The molecule has 0 spiro atoms. The molecule has 1 rings (SSSR count). The van der Waals surface area contributed by atoms with Crippen LogP contribution >= 0.6 is 0 Å². The third kappa shape index (κ3) is 6.51. The molecule has 0 N–H and O–H groups in total. The van der Waals surface area contributed by atoms with Crippen LogP contribution in [0.5, 0.6) is 5.75 Å². The lowest BCUT2D eigenvalue weighted by Gasteiger charge is -2.17. The molecule has 94 valence electrons. The average molecular weight is 252 g/mol. The monoisotopic (exact) mass is 252 g/mol. The van der Waals surface area contributed by atoms with E-state index in [9.17, 15) is 0 Å². The third-order valence-corrected chi connectivity index (χ3v) is 2.88. The van der Waals surface area contributed by atoms with Crippen molar-refractivity contribution < 1.29 is 13.7 Å². The summed E-state index contributed by atoms with van der Waals surface area (Å²) in [6.45, 7) is 7.01. The van der Waals surface area contributed by atoms with E-state index in [1.807, 2.05) is 30.3 Å². The normalized spacial score (nSPS) is 10.6. The summed E-state index contributed by atoms with van der Waals surface area (Å²) in [7, 11) is -1.73. The van der Waals surface area contributed by atoms with Crippen molar-refractivity contribution in [3.8, 4) is 5.75 Å². The van der Waals surface area contributed by atoms with Crippen LogP contribution < -0.4 is 4.65 Å². The minimum absolute atomic E-state index is 0.560. The Hall–Kier alpha value is -0.778. The van der Waals surface area contributed by atoms with Gasteiger partial charge in [0.1, 0.15) is 5.75 Å². The van der Waals surface area contributed by atoms with Gasteiger partial charge in [-0.2, -0.15) is 0 Å². The Morgan fingerprint density at radius 1 is 1.18 bits per heavy atom. The molecule has 1 aromatic carbocycles. The molecule has 5 heteroatoms. The van der Waals surface area contributed by atoms with E-state index in [0.717, 1.165) is 18.6 Å². The summed E-state index contributed by atoms with van der Waals surface area (Å²) in [4.78, 5) is 0. The highest BCUT2D eigenvalue weighted by Gasteiger charge is 2.24. The first-order valence-corrected chi connectivity index (χ1v) is 8.99. The maximum absolute atomic E-state index is 5.70. The second kappa shape index (κ2) is 8.33. The zero-order valence-corrected chi connectivity index (χ0v) is 12.0. The Bertz CT molecular complexity index is 295. The third-order valence-electron chi connectivity index (χ3n) is 2.11. The smallest absolute Gasteiger partial charge is 0.512 e. The standard InChI is InChI=1S/C12H21BO3Si/c1-4-5-11-14-13(16-17(2)3)15-12-9-7-6-8-10-12/h6-10,17H,4-5,11H2,1-3H3. The molecule has 0 aliphatic carbocycles. The first kappa shape index (κ1) is 14.3. The van der Waals surface area contributed by atoms with Crippen LogP contribution in [0, 0.1) is 0 Å². The zero-order valence-electron chi connectivity index (χ0n) is 10.9. The fourth-order valence-corrected chi connectivity index (χ4v) is 1.84. The van der Waals surface area contributed by atoms with Gasteiger partial charge in [0, 0.05) is 6.61 Å². The van der Waals surface area contributed by atoms with Gasteiger partial charge in [-0.1, -0.05) is 31.5 Å². The van der Waals surface area contributed by atoms with Crippen LogP contribution in [-0.4, -0.2) is 23.0 Å². The molecule has 0 amide bonds. The van der Waals surface area contributed by atoms with E-state index in [2.05, 4.69) is 20.0 Å². The quantitative estimate of drug-likeness (QED) is 0.526. The largest absolute Gasteiger partial charge is 0.701 e. The van der Waals surface area contributed by atoms with Gasteiger partial charge >= 0.3 is 7.32 Å². The van der Waals surface area contributed by atoms with Crippen molar-refractivity contribution in [3.63, 3.8) is 0 Å². The van der Waals surface area contributed by atoms with Crippen LogP contribution in [0.25, 0.3) is 0 Å². The Kier molecular flexibility index (Phi) is 7.00. The molecule has 0 radical (unpaired) electrons. The fraction of sp³-hybridized carbons (Fsp3) is 0.500. The van der Waals surface area contributed by atoms with Crippen LogP contribution in [0.2, 0.25) is 13.1 Å². The summed E-state index contributed by atoms with van der Waals surface area (Å²) in [6, 6.07) is 9.64. The molecule has 0 unspecified atom stereocenters. The predicted octanol–water partition coefficient (Wildman–Crippen LogP) is 2.87. The van der Waals surface area contributed by atoms with Gasteiger partial charge < -0.3 is 13.7 Å². The molecule has 0 fully saturated rings. The lowest BCUT2D eigenvalue weighted by atomic mass is 10.2. The van der Waals surface area contributed by atoms with Gasteiger partial charge in [0.25, 0.3) is 0 Å². The van der Waals surface area contributed by atoms with Crippen molar-refractivity contribution in [1.29, 1.82) is 0 Å². The van der Waals surface area contributed by atoms with Crippen molar-refractivity contribution in [2.24, 2.45) is 0 Å². The van der Waals surface area contributed by atoms with Crippen molar-refractivity contribution in [3.05, 3.63) is 30.3 Å². The summed E-state index contributed by atoms with van der Waals surface area (Å²) >= 11 is 0. The Balaban J connectivity index is 2.45. The molecule has 3 nitrogen and oxygen atoms in total. The van der Waals surface area contributed by atoms with Crippen molar-refractivity contribution in [2.75, 3.05) is 6.61 Å². The molecule has 0 aliphatic rings. The van der Waals surface area contributed by atoms with Crippen LogP contribution in [0.1, 0.15) is 19.8 Å². The van der Waals surface area contributed by atoms with Crippen LogP contribution in [0.15, 0.2) is 30.3 Å². The van der Waals surface area contributed by atoms with E-state index in [4.69, 9.17) is 13.7 Å². The summed E-state index contributed by atoms with van der Waals surface area (Å²) in [5.74, 6) is 0.781. The maximum Gasteiger partial charge on any atom is 0.701 e. The highest BCUT2D eigenvalue weighted by atomic mass is 28.3. The molecular formula is C12H21BO3Si. The van der Waals surface area contributed by atoms with Crippen LogP contribution in [0.4, 0.5) is 0 Å². The number of para-hydroxylation sites is 1. The molecule has 0 saturated carbocycles. The molecule has 17 heavy (non-hydrogen) atoms. The topological polar surface area (TPSA) is 27.7 Å². The van der Waals surface area contributed by atoms with Gasteiger partial charge in [0.05, 0.1) is 0 Å². The van der Waals surface area contributed by atoms with Crippen LogP contribution in [0.3, 0.4) is 0 Å². The van der Waals surface area contributed by atoms with Crippen molar-refractivity contribution >= 4 is 16.4 Å². The lowest BCUT2D eigenvalue weighted by Crippen LogP contribution is -2.35. The number of hydrogen-bond acceptors (Lipinski definition) is 3. The van der Waals surface area contributed by atoms with E-state index in [-0.39, 0.29) is 0 Å². The molecule has 0 bridgehead atoms. The van der Waals surface area contributed by atoms with Gasteiger partial charge in [-0.25, -0.2) is 0 Å². The summed E-state index contributed by atoms with van der Waals surface area (Å²) in [5.41, 5.74) is 0. The minimum Gasteiger partial charge on any atom is -0.512 e. The molecular weight excluding hydrogens is 231 g/mol. The molecule has 0 aromatic heterocycles. The molecule has 0 heterocycles. The van der Waals surface area contributed by atoms with Crippen LogP contribution in [-0.2, 0) is 9.00 Å². The molecule has 1 aromatic rings. The highest BCUT2D eigenvalue weighted by molar-refractivity contribution is 6.58. The summed E-state index contributed by atoms with van der Waals surface area (Å²) in [5, 5.41) is 0. The first-order valence-electron chi connectivity index (χ1n) is 6.21. The number of unbranched alkanes of at least 4 members (excludes halogenated alkanes) is 1. The van der Waals surface area contributed by atoms with E-state index in [1.165, 1.54) is 0 Å². The Morgan fingerprint density at radius 2 is 1.88 bits per heavy atom. The second-order valence-corrected chi connectivity index (χ2v) is 6.50. The number of hydrogen-bond donors (Lipinski definition) is 0. The van der Waals surface area contributed by atoms with Gasteiger partial charge in [0.15, 0.2) is 9.04 Å². The number of benzene rings is 1. The summed E-state index contributed by atoms with van der Waals surface area (Å²) < 4.78 is 16.9. The van der Waals surface area contributed by atoms with E-state index >= 15 is 0 Å². The van der Waals surface area contributed by atoms with E-state index < -0.39 is 16.4 Å². The fourth-order valence-electron chi connectivity index (χ4n) is 1.26. The second-order valence-electron chi connectivity index (χ2n) is 4.13. The molecule has 0 saturated heterocycles. The van der Waals surface area contributed by atoms with Gasteiger partial charge in [-0.3, -0.25) is 0 Å². The lowest BCUT2D eigenvalue weighted by molar-refractivity contribution is 0.199. The van der Waals surface area contributed by atoms with Gasteiger partial charge in [-0.05, 0) is 31.6 Å². The van der Waals surface area contributed by atoms with E-state index in [1.54, 1.807) is 0 Å². The van der Waals surface area contributed by atoms with Crippen molar-refractivity contribution in [1.82, 2.24) is 0 Å². The number of rotatable bonds is 8.